The van der Waals surface area contributed by atoms with Crippen molar-refractivity contribution in [1.29, 1.82) is 0 Å². The smallest absolute Gasteiger partial charge is 0.161 e. The van der Waals surface area contributed by atoms with Crippen LogP contribution in [0.5, 0.6) is 23.0 Å². The first-order valence-electron chi connectivity index (χ1n) is 7.34. The normalized spacial score (nSPS) is 10.4. The van der Waals surface area contributed by atoms with Gasteiger partial charge in [0.05, 0.1) is 28.4 Å². The molecule has 0 atom stereocenters. The fourth-order valence-electron chi connectivity index (χ4n) is 2.45. The highest BCUT2D eigenvalue weighted by Gasteiger charge is 2.13. The van der Waals surface area contributed by atoms with Crippen LogP contribution in [0.15, 0.2) is 33.2 Å². The van der Waals surface area contributed by atoms with Crippen LogP contribution in [0.3, 0.4) is 0 Å². The molecule has 0 aliphatic heterocycles. The predicted octanol–water partition coefficient (Wildman–Crippen LogP) is 5.03. The van der Waals surface area contributed by atoms with E-state index < -0.39 is 0 Å². The molecule has 130 valence electrons. The largest absolute Gasteiger partial charge is 0.493 e. The second-order valence-corrected chi connectivity index (χ2v) is 6.81. The molecular formula is C18H20Br2O4. The van der Waals surface area contributed by atoms with Gasteiger partial charge in [-0.3, -0.25) is 0 Å². The van der Waals surface area contributed by atoms with E-state index in [-0.39, 0.29) is 0 Å². The van der Waals surface area contributed by atoms with Gasteiger partial charge in [0.2, 0.25) is 0 Å². The maximum atomic E-state index is 5.38. The van der Waals surface area contributed by atoms with E-state index in [2.05, 4.69) is 31.9 Å². The number of halogens is 2. The molecule has 0 spiro atoms. The highest BCUT2D eigenvalue weighted by Crippen LogP contribution is 2.36. The van der Waals surface area contributed by atoms with Crippen LogP contribution in [0.25, 0.3) is 0 Å². The molecule has 0 heterocycles. The van der Waals surface area contributed by atoms with E-state index in [0.29, 0.717) is 11.5 Å². The molecule has 0 fully saturated rings. The van der Waals surface area contributed by atoms with E-state index >= 15 is 0 Å². The third-order valence-corrected chi connectivity index (χ3v) is 5.25. The Morgan fingerprint density at radius 1 is 0.583 bits per heavy atom. The Balaban J connectivity index is 2.25. The molecule has 2 aromatic carbocycles. The fraction of sp³-hybridized carbons (Fsp3) is 0.333. The number of ether oxygens (including phenoxy) is 4. The van der Waals surface area contributed by atoms with E-state index in [9.17, 15) is 0 Å². The molecule has 24 heavy (non-hydrogen) atoms. The van der Waals surface area contributed by atoms with Crippen molar-refractivity contribution >= 4 is 31.9 Å². The van der Waals surface area contributed by atoms with Crippen LogP contribution in [0.2, 0.25) is 0 Å². The summed E-state index contributed by atoms with van der Waals surface area (Å²) < 4.78 is 23.4. The van der Waals surface area contributed by atoms with Gasteiger partial charge in [-0.25, -0.2) is 0 Å². The number of hydrogen-bond donors (Lipinski definition) is 0. The van der Waals surface area contributed by atoms with Crippen LogP contribution < -0.4 is 18.9 Å². The van der Waals surface area contributed by atoms with Gasteiger partial charge in [0, 0.05) is 8.95 Å². The minimum Gasteiger partial charge on any atom is -0.493 e. The third-order valence-electron chi connectivity index (χ3n) is 3.77. The zero-order valence-corrected chi connectivity index (χ0v) is 17.3. The summed E-state index contributed by atoms with van der Waals surface area (Å²) in [5, 5.41) is 0. The number of methoxy groups -OCH3 is 4. The summed E-state index contributed by atoms with van der Waals surface area (Å²) in [6, 6.07) is 7.85. The zero-order chi connectivity index (χ0) is 17.7. The van der Waals surface area contributed by atoms with E-state index in [0.717, 1.165) is 44.4 Å². The van der Waals surface area contributed by atoms with Gasteiger partial charge >= 0.3 is 0 Å². The lowest BCUT2D eigenvalue weighted by Gasteiger charge is -2.14. The van der Waals surface area contributed by atoms with Gasteiger partial charge in [-0.2, -0.15) is 0 Å². The SMILES string of the molecule is COc1cc(Br)c(CCc2cc(OC)c(OC)cc2Br)cc1OC. The third kappa shape index (κ3) is 4.16. The maximum Gasteiger partial charge on any atom is 0.161 e. The summed E-state index contributed by atoms with van der Waals surface area (Å²) in [5.74, 6) is 2.87. The van der Waals surface area contributed by atoms with Crippen LogP contribution >= 0.6 is 31.9 Å². The average Bonchev–Trinajstić information content (AvgIpc) is 2.60. The Morgan fingerprint density at radius 3 is 1.17 bits per heavy atom. The molecule has 0 bridgehead atoms. The lowest BCUT2D eigenvalue weighted by atomic mass is 10.0. The van der Waals surface area contributed by atoms with Gasteiger partial charge in [-0.05, 0) is 48.2 Å². The van der Waals surface area contributed by atoms with E-state index in [1.54, 1.807) is 28.4 Å². The highest BCUT2D eigenvalue weighted by molar-refractivity contribution is 9.10. The summed E-state index contributed by atoms with van der Waals surface area (Å²) in [6.45, 7) is 0. The van der Waals surface area contributed by atoms with Crippen molar-refractivity contribution in [3.63, 3.8) is 0 Å². The quantitative estimate of drug-likeness (QED) is 0.581. The minimum absolute atomic E-state index is 0.709. The first-order valence-corrected chi connectivity index (χ1v) is 8.93. The maximum absolute atomic E-state index is 5.38. The summed E-state index contributed by atoms with van der Waals surface area (Å²) in [6.07, 6.45) is 1.68. The van der Waals surface area contributed by atoms with Crippen LogP contribution in [-0.2, 0) is 12.8 Å². The lowest BCUT2D eigenvalue weighted by Crippen LogP contribution is -1.99. The Bertz CT molecular complexity index is 655. The van der Waals surface area contributed by atoms with Crippen molar-refractivity contribution in [2.75, 3.05) is 28.4 Å². The minimum atomic E-state index is 0.709. The van der Waals surface area contributed by atoms with E-state index in [1.807, 2.05) is 24.3 Å². The molecule has 2 rings (SSSR count). The van der Waals surface area contributed by atoms with Crippen LogP contribution in [0.4, 0.5) is 0 Å². The Labute approximate surface area is 159 Å². The van der Waals surface area contributed by atoms with Gasteiger partial charge in [-0.15, -0.1) is 0 Å². The molecular weight excluding hydrogens is 440 g/mol. The van der Waals surface area contributed by atoms with Gasteiger partial charge in [0.1, 0.15) is 0 Å². The Morgan fingerprint density at radius 2 is 0.875 bits per heavy atom. The molecule has 6 heteroatoms. The molecule has 4 nitrogen and oxygen atoms in total. The Kier molecular flexibility index (Phi) is 6.80. The summed E-state index contributed by atoms with van der Waals surface area (Å²) >= 11 is 7.20. The zero-order valence-electron chi connectivity index (χ0n) is 14.1. The van der Waals surface area contributed by atoms with Crippen molar-refractivity contribution in [1.82, 2.24) is 0 Å². The van der Waals surface area contributed by atoms with Gasteiger partial charge in [-0.1, -0.05) is 31.9 Å². The first-order chi connectivity index (χ1) is 11.5. The van der Waals surface area contributed by atoms with Gasteiger partial charge in [0.25, 0.3) is 0 Å². The molecule has 0 radical (unpaired) electrons. The molecule has 0 aliphatic rings. The molecule has 0 unspecified atom stereocenters. The molecule has 0 N–H and O–H groups in total. The fourth-order valence-corrected chi connectivity index (χ4v) is 3.49. The van der Waals surface area contributed by atoms with Crippen molar-refractivity contribution in [2.45, 2.75) is 12.8 Å². The second-order valence-electron chi connectivity index (χ2n) is 5.10. The second kappa shape index (κ2) is 8.62. The molecule has 0 aliphatic carbocycles. The molecule has 0 saturated carbocycles. The van der Waals surface area contributed by atoms with Crippen molar-refractivity contribution in [2.24, 2.45) is 0 Å². The monoisotopic (exact) mass is 458 g/mol. The van der Waals surface area contributed by atoms with Gasteiger partial charge < -0.3 is 18.9 Å². The topological polar surface area (TPSA) is 36.9 Å². The molecule has 0 saturated heterocycles. The van der Waals surface area contributed by atoms with Crippen molar-refractivity contribution < 1.29 is 18.9 Å². The summed E-state index contributed by atoms with van der Waals surface area (Å²) in [4.78, 5) is 0. The average molecular weight is 460 g/mol. The van der Waals surface area contributed by atoms with Crippen molar-refractivity contribution in [3.05, 3.63) is 44.3 Å². The number of hydrogen-bond acceptors (Lipinski definition) is 4. The van der Waals surface area contributed by atoms with Crippen LogP contribution in [0, 0.1) is 0 Å². The van der Waals surface area contributed by atoms with E-state index in [4.69, 9.17) is 18.9 Å². The number of aryl methyl sites for hydroxylation is 2. The standard InChI is InChI=1S/C18H20Br2O4/c1-21-15-7-11(13(19)9-17(15)23-3)5-6-12-8-16(22-2)18(24-4)10-14(12)20/h7-10H,5-6H2,1-4H3. The molecule has 0 amide bonds. The summed E-state index contributed by atoms with van der Waals surface area (Å²) in [7, 11) is 6.54. The Hall–Kier alpha value is -1.40. The summed E-state index contributed by atoms with van der Waals surface area (Å²) in [5.41, 5.74) is 2.30. The van der Waals surface area contributed by atoms with Crippen LogP contribution in [-0.4, -0.2) is 28.4 Å². The molecule has 2 aromatic rings. The number of rotatable bonds is 7. The first kappa shape index (κ1) is 18.9. The van der Waals surface area contributed by atoms with E-state index in [1.165, 1.54) is 0 Å². The lowest BCUT2D eigenvalue weighted by molar-refractivity contribution is 0.354. The number of benzene rings is 2. The molecule has 0 aromatic heterocycles. The van der Waals surface area contributed by atoms with Crippen LogP contribution in [0.1, 0.15) is 11.1 Å². The highest BCUT2D eigenvalue weighted by atomic mass is 79.9. The van der Waals surface area contributed by atoms with Gasteiger partial charge in [0.15, 0.2) is 23.0 Å². The predicted molar refractivity (Wildman–Crippen MR) is 102 cm³/mol. The van der Waals surface area contributed by atoms with Crippen molar-refractivity contribution in [3.8, 4) is 23.0 Å².